The molecule has 0 N–H and O–H groups in total. The minimum atomic E-state index is -0.197. The van der Waals surface area contributed by atoms with Crippen LogP contribution in [-0.4, -0.2) is 6.85 Å². The summed E-state index contributed by atoms with van der Waals surface area (Å²) < 4.78 is 0. The fourth-order valence-electron chi connectivity index (χ4n) is 12.9. The van der Waals surface area contributed by atoms with E-state index in [1.54, 1.807) is 0 Å². The van der Waals surface area contributed by atoms with E-state index in [4.69, 9.17) is 0 Å². The van der Waals surface area contributed by atoms with E-state index in [9.17, 15) is 0 Å². The van der Waals surface area contributed by atoms with Crippen LogP contribution in [0.3, 0.4) is 0 Å². The summed E-state index contributed by atoms with van der Waals surface area (Å²) in [5.74, 6) is 0. The van der Waals surface area contributed by atoms with Gasteiger partial charge < -0.3 is 14.6 Å². The Balaban J connectivity index is 1.19. The number of hydrogen-bond acceptors (Lipinski definition) is 3. The Morgan fingerprint density at radius 3 is 1.56 bits per heavy atom. The van der Waals surface area contributed by atoms with E-state index >= 15 is 0 Å². The molecule has 2 aliphatic heterocycles. The molecular formula is C64H62BN3. The number of rotatable bonds is 5. The highest BCUT2D eigenvalue weighted by Gasteiger charge is 2.49. The van der Waals surface area contributed by atoms with Gasteiger partial charge in [-0.25, -0.2) is 0 Å². The van der Waals surface area contributed by atoms with Gasteiger partial charge in [0.05, 0.1) is 0 Å². The molecule has 0 radical (unpaired) electrons. The van der Waals surface area contributed by atoms with E-state index in [1.165, 1.54) is 101 Å². The third-order valence-corrected chi connectivity index (χ3v) is 16.7. The van der Waals surface area contributed by atoms with Crippen molar-refractivity contribution in [3.8, 4) is 11.1 Å². The minimum Gasteiger partial charge on any atom is -0.376 e. The highest BCUT2D eigenvalue weighted by atomic mass is 15.2. The lowest BCUT2D eigenvalue weighted by molar-refractivity contribution is 0.332. The fraction of sp³-hybridized carbons (Fsp3) is 0.250. The highest BCUT2D eigenvalue weighted by molar-refractivity contribution is 6.93. The second-order valence-electron chi connectivity index (χ2n) is 22.6. The van der Waals surface area contributed by atoms with E-state index in [-0.39, 0.29) is 28.5 Å². The fourth-order valence-corrected chi connectivity index (χ4v) is 12.9. The molecule has 8 aromatic rings. The van der Waals surface area contributed by atoms with Crippen LogP contribution in [0.5, 0.6) is 0 Å². The number of nitrogens with zero attached hydrogens (tertiary/aromatic N) is 3. The average Bonchev–Trinajstić information content (AvgIpc) is 3.33. The summed E-state index contributed by atoms with van der Waals surface area (Å²) in [6, 6.07) is 64.7. The van der Waals surface area contributed by atoms with Crippen LogP contribution in [-0.2, 0) is 21.7 Å². The van der Waals surface area contributed by atoms with Crippen LogP contribution in [0.1, 0.15) is 113 Å². The summed E-state index contributed by atoms with van der Waals surface area (Å²) in [5, 5.41) is 0. The van der Waals surface area contributed by atoms with Crippen LogP contribution in [0.15, 0.2) is 170 Å². The first-order chi connectivity index (χ1) is 32.6. The summed E-state index contributed by atoms with van der Waals surface area (Å²) in [7, 11) is 0. The van der Waals surface area contributed by atoms with Crippen molar-refractivity contribution in [2.45, 2.75) is 104 Å². The second kappa shape index (κ2) is 14.9. The lowest BCUT2D eigenvalue weighted by atomic mass is 9.43. The van der Waals surface area contributed by atoms with Gasteiger partial charge in [0.25, 0.3) is 0 Å². The van der Waals surface area contributed by atoms with Gasteiger partial charge >= 0.3 is 6.85 Å². The van der Waals surface area contributed by atoms with Crippen molar-refractivity contribution in [3.63, 3.8) is 0 Å². The van der Waals surface area contributed by atoms with E-state index < -0.39 is 0 Å². The van der Waals surface area contributed by atoms with E-state index in [0.29, 0.717) is 0 Å². The van der Waals surface area contributed by atoms with Crippen LogP contribution >= 0.6 is 0 Å². The molecule has 12 rings (SSSR count). The third-order valence-electron chi connectivity index (χ3n) is 16.7. The van der Waals surface area contributed by atoms with Gasteiger partial charge in [0.15, 0.2) is 0 Å². The Labute approximate surface area is 405 Å². The number of aryl methyl sites for hydroxylation is 2. The molecule has 4 aliphatic rings. The van der Waals surface area contributed by atoms with E-state index in [2.05, 4.69) is 254 Å². The zero-order valence-corrected chi connectivity index (χ0v) is 41.5. The molecule has 2 heterocycles. The predicted molar refractivity (Wildman–Crippen MR) is 290 cm³/mol. The van der Waals surface area contributed by atoms with E-state index in [0.717, 1.165) is 23.5 Å². The van der Waals surface area contributed by atoms with Crippen LogP contribution < -0.4 is 25.5 Å². The number of hydrogen-bond donors (Lipinski definition) is 0. The molecule has 0 spiro atoms. The van der Waals surface area contributed by atoms with Gasteiger partial charge in [0, 0.05) is 61.9 Å². The molecule has 0 bridgehead atoms. The topological polar surface area (TPSA) is 9.72 Å². The van der Waals surface area contributed by atoms with Gasteiger partial charge in [-0.15, -0.1) is 0 Å². The molecule has 3 nitrogen and oxygen atoms in total. The van der Waals surface area contributed by atoms with Gasteiger partial charge in [-0.2, -0.15) is 0 Å². The SMILES string of the molecule is Cc1cc2c3c(c1)N(c1cc4c(cc1C)C(C)(C)CCC4(C)C)c1cc(N(c4ccccc4)c4ccccc4)ccc1B3N(c1ccccc1)c1cc3c(cc1-2)C(C)(C)c1ccccc1C3(C)C. The summed E-state index contributed by atoms with van der Waals surface area (Å²) >= 11 is 0. The maximum Gasteiger partial charge on any atom is 0.333 e. The first-order valence-corrected chi connectivity index (χ1v) is 24.8. The summed E-state index contributed by atoms with van der Waals surface area (Å²) in [6.07, 6.45) is 2.34. The normalized spacial score (nSPS) is 17.2. The smallest absolute Gasteiger partial charge is 0.333 e. The molecule has 0 fully saturated rings. The summed E-state index contributed by atoms with van der Waals surface area (Å²) in [5.41, 5.74) is 25.8. The molecule has 2 aliphatic carbocycles. The monoisotopic (exact) mass is 884 g/mol. The standard InChI is InChI=1S/C64H62BN3/c1-41-34-48-47-38-53-54(64(9,10)50-29-21-20-28-49(50)63(53,7)8)40-57(47)68(45-26-18-13-19-27-45)65-55-31-30-46(66(43-22-14-11-15-23-43)44-24-16-12-17-25-44)37-58(55)67(59(35-41)60(48)65)56-39-52-51(36-42(56)2)61(3,4)32-33-62(52,5)6/h11-31,34-40H,32-33H2,1-10H3. The van der Waals surface area contributed by atoms with Crippen molar-refractivity contribution in [2.24, 2.45) is 0 Å². The molecule has 0 amide bonds. The van der Waals surface area contributed by atoms with Crippen LogP contribution in [0.25, 0.3) is 11.1 Å². The van der Waals surface area contributed by atoms with Crippen LogP contribution in [0.2, 0.25) is 0 Å². The first kappa shape index (κ1) is 42.6. The van der Waals surface area contributed by atoms with E-state index in [1.807, 2.05) is 0 Å². The van der Waals surface area contributed by atoms with Crippen molar-refractivity contribution < 1.29 is 0 Å². The highest BCUT2D eigenvalue weighted by Crippen LogP contribution is 2.56. The van der Waals surface area contributed by atoms with Crippen molar-refractivity contribution in [3.05, 3.63) is 214 Å². The number of para-hydroxylation sites is 3. The van der Waals surface area contributed by atoms with Crippen LogP contribution in [0, 0.1) is 13.8 Å². The van der Waals surface area contributed by atoms with Crippen molar-refractivity contribution in [1.29, 1.82) is 0 Å². The summed E-state index contributed by atoms with van der Waals surface area (Å²) in [6.45, 7) is 24.1. The van der Waals surface area contributed by atoms with Crippen molar-refractivity contribution >= 4 is 63.3 Å². The van der Waals surface area contributed by atoms with Crippen LogP contribution in [0.4, 0.5) is 45.5 Å². The summed E-state index contributed by atoms with van der Waals surface area (Å²) in [4.78, 5) is 7.77. The molecular weight excluding hydrogens is 822 g/mol. The molecule has 0 saturated carbocycles. The molecule has 0 atom stereocenters. The Hall–Kier alpha value is -6.78. The molecule has 0 aromatic heterocycles. The zero-order chi connectivity index (χ0) is 47.1. The van der Waals surface area contributed by atoms with Gasteiger partial charge in [-0.3, -0.25) is 0 Å². The van der Waals surface area contributed by atoms with Crippen molar-refractivity contribution in [2.75, 3.05) is 14.6 Å². The largest absolute Gasteiger partial charge is 0.376 e. The zero-order valence-electron chi connectivity index (χ0n) is 41.5. The Morgan fingerprint density at radius 2 is 0.956 bits per heavy atom. The number of benzene rings is 8. The van der Waals surface area contributed by atoms with Gasteiger partial charge in [0.1, 0.15) is 0 Å². The molecule has 68 heavy (non-hydrogen) atoms. The predicted octanol–water partition coefficient (Wildman–Crippen LogP) is 15.8. The Morgan fingerprint density at radius 1 is 0.426 bits per heavy atom. The molecule has 4 heteroatoms. The quantitative estimate of drug-likeness (QED) is 0.159. The van der Waals surface area contributed by atoms with Gasteiger partial charge in [-0.1, -0.05) is 152 Å². The maximum atomic E-state index is 2.69. The number of anilines is 8. The lowest BCUT2D eigenvalue weighted by Crippen LogP contribution is -2.61. The molecule has 8 aromatic carbocycles. The van der Waals surface area contributed by atoms with Crippen molar-refractivity contribution in [1.82, 2.24) is 0 Å². The minimum absolute atomic E-state index is 0.0428. The third kappa shape index (κ3) is 6.18. The average molecular weight is 884 g/mol. The molecule has 0 saturated heterocycles. The second-order valence-corrected chi connectivity index (χ2v) is 22.6. The lowest BCUT2D eigenvalue weighted by Gasteiger charge is -2.49. The first-order valence-electron chi connectivity index (χ1n) is 24.8. The Bertz CT molecular complexity index is 3290. The van der Waals surface area contributed by atoms with Gasteiger partial charge in [-0.05, 0) is 171 Å². The molecule has 0 unspecified atom stereocenters. The maximum absolute atomic E-state index is 2.69. The van der Waals surface area contributed by atoms with Gasteiger partial charge in [0.2, 0.25) is 0 Å². The Kier molecular flexibility index (Phi) is 9.30. The molecule has 336 valence electrons. The number of fused-ring (bicyclic) bond motifs is 7.